The molecule has 0 saturated carbocycles. The van der Waals surface area contributed by atoms with Gasteiger partial charge in [-0.1, -0.05) is 0 Å². The van der Waals surface area contributed by atoms with Crippen molar-refractivity contribution in [2.75, 3.05) is 0 Å². The van der Waals surface area contributed by atoms with Crippen LogP contribution in [0.15, 0.2) is 55.1 Å². The Bertz CT molecular complexity index is 955. The van der Waals surface area contributed by atoms with Crippen LogP contribution in [0.2, 0.25) is 0 Å². The first-order valence-electron chi connectivity index (χ1n) is 6.78. The monoisotopic (exact) mass is 295 g/mol. The quantitative estimate of drug-likeness (QED) is 0.561. The Morgan fingerprint density at radius 1 is 0.909 bits per heavy atom. The van der Waals surface area contributed by atoms with Gasteiger partial charge in [0, 0.05) is 58.5 Å². The van der Waals surface area contributed by atoms with Crippen molar-refractivity contribution in [3.63, 3.8) is 0 Å². The molecule has 0 aliphatic rings. The average Bonchev–Trinajstić information content (AvgIpc) is 3.15. The summed E-state index contributed by atoms with van der Waals surface area (Å²) in [4.78, 5) is 10.4. The molecule has 108 valence electrons. The fourth-order valence-electron chi connectivity index (χ4n) is 2.60. The highest BCUT2D eigenvalue weighted by atomic mass is 19.1. The number of hydrogen-bond donors (Lipinski definition) is 2. The number of nitrogens with zero attached hydrogens (tertiary/aromatic N) is 1. The minimum absolute atomic E-state index is 0.331. The summed E-state index contributed by atoms with van der Waals surface area (Å²) in [6, 6.07) is 7.36. The van der Waals surface area contributed by atoms with Crippen LogP contribution in [0.3, 0.4) is 0 Å². The van der Waals surface area contributed by atoms with Crippen molar-refractivity contribution in [3.05, 3.63) is 66.8 Å². The number of halogens is 2. The normalized spacial score (nSPS) is 11.2. The van der Waals surface area contributed by atoms with Crippen LogP contribution in [0, 0.1) is 11.6 Å². The Kier molecular flexibility index (Phi) is 2.79. The van der Waals surface area contributed by atoms with E-state index in [0.717, 1.165) is 28.2 Å². The predicted molar refractivity (Wildman–Crippen MR) is 81.2 cm³/mol. The van der Waals surface area contributed by atoms with Gasteiger partial charge in [-0.15, -0.1) is 0 Å². The smallest absolute Gasteiger partial charge is 0.137 e. The zero-order valence-corrected chi connectivity index (χ0v) is 11.4. The van der Waals surface area contributed by atoms with E-state index < -0.39 is 11.6 Å². The summed E-state index contributed by atoms with van der Waals surface area (Å²) < 4.78 is 27.0. The van der Waals surface area contributed by atoms with E-state index in [-0.39, 0.29) is 0 Å². The first kappa shape index (κ1) is 12.8. The molecular formula is C17H11F2N3. The van der Waals surface area contributed by atoms with Crippen LogP contribution < -0.4 is 0 Å². The van der Waals surface area contributed by atoms with E-state index in [9.17, 15) is 8.78 Å². The molecule has 4 rings (SSSR count). The van der Waals surface area contributed by atoms with Crippen LogP contribution >= 0.6 is 0 Å². The van der Waals surface area contributed by atoms with Crippen LogP contribution in [0.5, 0.6) is 0 Å². The number of hydrogen-bond acceptors (Lipinski definition) is 1. The number of rotatable bonds is 2. The summed E-state index contributed by atoms with van der Waals surface area (Å²) in [5.74, 6) is -1.19. The average molecular weight is 295 g/mol. The largest absolute Gasteiger partial charge is 0.367 e. The van der Waals surface area contributed by atoms with Crippen molar-refractivity contribution in [3.8, 4) is 22.3 Å². The van der Waals surface area contributed by atoms with Crippen molar-refractivity contribution in [2.45, 2.75) is 0 Å². The summed E-state index contributed by atoms with van der Waals surface area (Å²) in [6.07, 6.45) is 7.17. The van der Waals surface area contributed by atoms with E-state index in [4.69, 9.17) is 0 Å². The van der Waals surface area contributed by atoms with Crippen LogP contribution in [-0.2, 0) is 0 Å². The SMILES string of the molecule is Fc1ccc(-c2cnc3[nH]cc(-c4cc[nH]c4)c3c2)c(F)c1. The van der Waals surface area contributed by atoms with E-state index in [2.05, 4.69) is 15.0 Å². The van der Waals surface area contributed by atoms with Gasteiger partial charge in [-0.2, -0.15) is 0 Å². The minimum Gasteiger partial charge on any atom is -0.367 e. The Morgan fingerprint density at radius 3 is 2.59 bits per heavy atom. The number of H-pyrrole nitrogens is 2. The van der Waals surface area contributed by atoms with Gasteiger partial charge in [-0.3, -0.25) is 0 Å². The molecule has 0 fully saturated rings. The standard InChI is InChI=1S/C17H11F2N3/c18-12-1-2-13(16(19)6-12)11-5-14-15(10-3-4-20-7-10)9-22-17(14)21-8-11/h1-9,20H,(H,21,22). The number of aromatic nitrogens is 3. The van der Waals surface area contributed by atoms with Gasteiger partial charge in [0.15, 0.2) is 0 Å². The van der Waals surface area contributed by atoms with Crippen LogP contribution in [0.4, 0.5) is 8.78 Å². The highest BCUT2D eigenvalue weighted by molar-refractivity contribution is 5.95. The fourth-order valence-corrected chi connectivity index (χ4v) is 2.60. The summed E-state index contributed by atoms with van der Waals surface area (Å²) in [5.41, 5.74) is 3.67. The van der Waals surface area contributed by atoms with Crippen molar-refractivity contribution in [2.24, 2.45) is 0 Å². The van der Waals surface area contributed by atoms with Crippen molar-refractivity contribution >= 4 is 11.0 Å². The van der Waals surface area contributed by atoms with Gasteiger partial charge in [-0.05, 0) is 24.3 Å². The topological polar surface area (TPSA) is 44.5 Å². The van der Waals surface area contributed by atoms with E-state index in [1.54, 1.807) is 6.20 Å². The van der Waals surface area contributed by atoms with Crippen molar-refractivity contribution < 1.29 is 8.78 Å². The van der Waals surface area contributed by atoms with Crippen LogP contribution in [0.1, 0.15) is 0 Å². The second kappa shape index (κ2) is 4.80. The molecule has 5 heteroatoms. The first-order valence-corrected chi connectivity index (χ1v) is 6.78. The fraction of sp³-hybridized carbons (Fsp3) is 0. The Morgan fingerprint density at radius 2 is 1.82 bits per heavy atom. The molecule has 3 heterocycles. The lowest BCUT2D eigenvalue weighted by Gasteiger charge is -2.04. The third kappa shape index (κ3) is 1.98. The molecule has 3 nitrogen and oxygen atoms in total. The molecule has 0 saturated heterocycles. The molecule has 2 N–H and O–H groups in total. The van der Waals surface area contributed by atoms with Gasteiger partial charge < -0.3 is 9.97 Å². The molecule has 0 aliphatic carbocycles. The number of fused-ring (bicyclic) bond motifs is 1. The maximum absolute atomic E-state index is 14.0. The third-order valence-electron chi connectivity index (χ3n) is 3.68. The van der Waals surface area contributed by atoms with Gasteiger partial charge in [0.1, 0.15) is 17.3 Å². The number of pyridine rings is 1. The Labute approximate surface area is 124 Å². The van der Waals surface area contributed by atoms with Crippen molar-refractivity contribution in [1.82, 2.24) is 15.0 Å². The number of nitrogens with one attached hydrogen (secondary N) is 2. The zero-order valence-electron chi connectivity index (χ0n) is 11.4. The molecule has 0 bridgehead atoms. The lowest BCUT2D eigenvalue weighted by molar-refractivity contribution is 0.585. The summed E-state index contributed by atoms with van der Waals surface area (Å²) in [6.45, 7) is 0. The molecule has 0 unspecified atom stereocenters. The molecule has 1 aromatic carbocycles. The lowest BCUT2D eigenvalue weighted by Crippen LogP contribution is -1.88. The van der Waals surface area contributed by atoms with Crippen LogP contribution in [0.25, 0.3) is 33.3 Å². The molecule has 3 aromatic heterocycles. The Hall–Kier alpha value is -2.95. The molecule has 0 amide bonds. The van der Waals surface area contributed by atoms with Crippen LogP contribution in [-0.4, -0.2) is 15.0 Å². The van der Waals surface area contributed by atoms with E-state index in [1.807, 2.05) is 30.7 Å². The summed E-state index contributed by atoms with van der Waals surface area (Å²) >= 11 is 0. The number of aromatic amines is 2. The van der Waals surface area contributed by atoms with Crippen molar-refractivity contribution in [1.29, 1.82) is 0 Å². The molecule has 0 atom stereocenters. The second-order valence-corrected chi connectivity index (χ2v) is 5.05. The highest BCUT2D eigenvalue weighted by Gasteiger charge is 2.11. The Balaban J connectivity index is 1.91. The predicted octanol–water partition coefficient (Wildman–Crippen LogP) is 4.50. The van der Waals surface area contributed by atoms with Gasteiger partial charge in [0.25, 0.3) is 0 Å². The highest BCUT2D eigenvalue weighted by Crippen LogP contribution is 2.31. The van der Waals surface area contributed by atoms with E-state index in [1.165, 1.54) is 12.1 Å². The molecule has 0 spiro atoms. The summed E-state index contributed by atoms with van der Waals surface area (Å²) in [5, 5.41) is 0.890. The molecule has 22 heavy (non-hydrogen) atoms. The molecule has 4 aromatic rings. The van der Waals surface area contributed by atoms with Gasteiger partial charge in [0.05, 0.1) is 0 Å². The maximum atomic E-state index is 14.0. The van der Waals surface area contributed by atoms with Gasteiger partial charge >= 0.3 is 0 Å². The molecule has 0 aliphatic heterocycles. The zero-order chi connectivity index (χ0) is 15.1. The minimum atomic E-state index is -0.597. The maximum Gasteiger partial charge on any atom is 0.137 e. The third-order valence-corrected chi connectivity index (χ3v) is 3.68. The van der Waals surface area contributed by atoms with E-state index in [0.29, 0.717) is 11.1 Å². The first-order chi connectivity index (χ1) is 10.7. The van der Waals surface area contributed by atoms with Gasteiger partial charge in [-0.25, -0.2) is 13.8 Å². The van der Waals surface area contributed by atoms with E-state index >= 15 is 0 Å². The van der Waals surface area contributed by atoms with Gasteiger partial charge in [0.2, 0.25) is 0 Å². The number of benzene rings is 1. The molecule has 0 radical (unpaired) electrons. The summed E-state index contributed by atoms with van der Waals surface area (Å²) in [7, 11) is 0. The molecular weight excluding hydrogens is 284 g/mol. The second-order valence-electron chi connectivity index (χ2n) is 5.05. The lowest BCUT2D eigenvalue weighted by atomic mass is 10.0.